The van der Waals surface area contributed by atoms with E-state index in [1.165, 1.54) is 17.8 Å². The third-order valence-electron chi connectivity index (χ3n) is 5.97. The first-order valence-corrected chi connectivity index (χ1v) is 11.6. The average Bonchev–Trinajstić information content (AvgIpc) is 2.87. The van der Waals surface area contributed by atoms with Gasteiger partial charge in [0.1, 0.15) is 11.6 Å². The van der Waals surface area contributed by atoms with Gasteiger partial charge in [0.05, 0.1) is 11.3 Å². The second-order valence-corrected chi connectivity index (χ2v) is 8.32. The SMILES string of the molecule is CCN(CCCNC(=O)c1cn(-c2ccc(F)cc2F)c(=O)c2ccccc12)Cc1ccccc1. The summed E-state index contributed by atoms with van der Waals surface area (Å²) < 4.78 is 28.9. The van der Waals surface area contributed by atoms with E-state index in [1.807, 2.05) is 18.2 Å². The second kappa shape index (κ2) is 11.1. The zero-order chi connectivity index (χ0) is 24.8. The van der Waals surface area contributed by atoms with Crippen LogP contribution in [0.2, 0.25) is 0 Å². The number of benzene rings is 3. The Morgan fingerprint density at radius 2 is 1.69 bits per heavy atom. The van der Waals surface area contributed by atoms with Crippen LogP contribution in [-0.4, -0.2) is 35.0 Å². The molecule has 0 bridgehead atoms. The van der Waals surface area contributed by atoms with Gasteiger partial charge in [0.15, 0.2) is 0 Å². The molecule has 0 saturated carbocycles. The first-order valence-electron chi connectivity index (χ1n) is 11.6. The summed E-state index contributed by atoms with van der Waals surface area (Å²) in [5.41, 5.74) is 0.888. The van der Waals surface area contributed by atoms with Crippen molar-refractivity contribution in [2.75, 3.05) is 19.6 Å². The molecule has 1 N–H and O–H groups in total. The molecule has 4 aromatic rings. The van der Waals surface area contributed by atoms with Gasteiger partial charge in [0.25, 0.3) is 11.5 Å². The molecule has 0 aliphatic heterocycles. The third kappa shape index (κ3) is 5.63. The Labute approximate surface area is 202 Å². The largest absolute Gasteiger partial charge is 0.352 e. The maximum absolute atomic E-state index is 14.5. The molecule has 5 nitrogen and oxygen atoms in total. The number of hydrogen-bond donors (Lipinski definition) is 1. The molecule has 1 aromatic heterocycles. The van der Waals surface area contributed by atoms with Crippen molar-refractivity contribution < 1.29 is 13.6 Å². The fraction of sp³-hybridized carbons (Fsp3) is 0.214. The summed E-state index contributed by atoms with van der Waals surface area (Å²) in [5, 5.41) is 3.68. The number of pyridine rings is 1. The van der Waals surface area contributed by atoms with Crippen molar-refractivity contribution in [3.63, 3.8) is 0 Å². The normalized spacial score (nSPS) is 11.2. The average molecular weight is 476 g/mol. The highest BCUT2D eigenvalue weighted by molar-refractivity contribution is 6.06. The number of nitrogens with one attached hydrogen (secondary N) is 1. The topological polar surface area (TPSA) is 54.3 Å². The minimum atomic E-state index is -0.883. The van der Waals surface area contributed by atoms with Crippen molar-refractivity contribution in [3.8, 4) is 5.69 Å². The van der Waals surface area contributed by atoms with E-state index < -0.39 is 17.2 Å². The van der Waals surface area contributed by atoms with Gasteiger partial charge in [-0.2, -0.15) is 0 Å². The Kier molecular flexibility index (Phi) is 7.67. The van der Waals surface area contributed by atoms with Crippen LogP contribution in [0.25, 0.3) is 16.5 Å². The van der Waals surface area contributed by atoms with Crippen molar-refractivity contribution in [2.24, 2.45) is 0 Å². The third-order valence-corrected chi connectivity index (χ3v) is 5.97. The Morgan fingerprint density at radius 1 is 0.971 bits per heavy atom. The molecule has 4 rings (SSSR count). The molecule has 7 heteroatoms. The van der Waals surface area contributed by atoms with Crippen LogP contribution < -0.4 is 10.9 Å². The van der Waals surface area contributed by atoms with Gasteiger partial charge >= 0.3 is 0 Å². The van der Waals surface area contributed by atoms with Gasteiger partial charge in [-0.3, -0.25) is 19.1 Å². The second-order valence-electron chi connectivity index (χ2n) is 8.32. The van der Waals surface area contributed by atoms with Crippen molar-refractivity contribution in [1.82, 2.24) is 14.8 Å². The summed E-state index contributed by atoms with van der Waals surface area (Å²) in [5.74, 6) is -1.98. The molecule has 35 heavy (non-hydrogen) atoms. The Balaban J connectivity index is 1.51. The van der Waals surface area contributed by atoms with Gasteiger partial charge in [0, 0.05) is 42.7 Å². The maximum Gasteiger partial charge on any atom is 0.263 e. The number of nitrogens with zero attached hydrogens (tertiary/aromatic N) is 2. The van der Waals surface area contributed by atoms with Crippen LogP contribution in [0.5, 0.6) is 0 Å². The van der Waals surface area contributed by atoms with Crippen molar-refractivity contribution in [3.05, 3.63) is 112 Å². The number of rotatable bonds is 9. The van der Waals surface area contributed by atoms with E-state index in [1.54, 1.807) is 24.3 Å². The van der Waals surface area contributed by atoms with E-state index >= 15 is 0 Å². The molecule has 0 atom stereocenters. The lowest BCUT2D eigenvalue weighted by Crippen LogP contribution is -2.31. The highest BCUT2D eigenvalue weighted by atomic mass is 19.1. The summed E-state index contributed by atoms with van der Waals surface area (Å²) in [4.78, 5) is 28.4. The summed E-state index contributed by atoms with van der Waals surface area (Å²) in [6, 6.07) is 19.9. The van der Waals surface area contributed by atoms with E-state index in [9.17, 15) is 18.4 Å². The Hall–Kier alpha value is -3.84. The molecule has 1 amide bonds. The number of amides is 1. The molecule has 0 spiro atoms. The Morgan fingerprint density at radius 3 is 2.40 bits per heavy atom. The Bertz CT molecular complexity index is 1390. The monoisotopic (exact) mass is 475 g/mol. The van der Waals surface area contributed by atoms with Crippen molar-refractivity contribution in [1.29, 1.82) is 0 Å². The number of carbonyl (C=O) groups is 1. The van der Waals surface area contributed by atoms with E-state index in [2.05, 4.69) is 29.3 Å². The lowest BCUT2D eigenvalue weighted by atomic mass is 10.1. The number of aromatic nitrogens is 1. The zero-order valence-corrected chi connectivity index (χ0v) is 19.5. The van der Waals surface area contributed by atoms with Gasteiger partial charge in [-0.1, -0.05) is 55.5 Å². The highest BCUT2D eigenvalue weighted by Crippen LogP contribution is 2.20. The van der Waals surface area contributed by atoms with Gasteiger partial charge in [0.2, 0.25) is 0 Å². The maximum atomic E-state index is 14.5. The molecule has 0 aliphatic rings. The quantitative estimate of drug-likeness (QED) is 0.350. The molecule has 1 heterocycles. The van der Waals surface area contributed by atoms with Crippen LogP contribution >= 0.6 is 0 Å². The first-order chi connectivity index (χ1) is 17.0. The lowest BCUT2D eigenvalue weighted by molar-refractivity contribution is 0.0952. The predicted molar refractivity (Wildman–Crippen MR) is 134 cm³/mol. The van der Waals surface area contributed by atoms with Gasteiger partial charge in [-0.15, -0.1) is 0 Å². The van der Waals surface area contributed by atoms with E-state index in [0.717, 1.165) is 36.7 Å². The molecule has 180 valence electrons. The molecular weight excluding hydrogens is 448 g/mol. The van der Waals surface area contributed by atoms with Crippen LogP contribution in [0.4, 0.5) is 8.78 Å². The highest BCUT2D eigenvalue weighted by Gasteiger charge is 2.17. The summed E-state index contributed by atoms with van der Waals surface area (Å²) in [7, 11) is 0. The molecule has 0 aliphatic carbocycles. The summed E-state index contributed by atoms with van der Waals surface area (Å²) >= 11 is 0. The van der Waals surface area contributed by atoms with Crippen LogP contribution in [0, 0.1) is 11.6 Å². The molecule has 0 fully saturated rings. The predicted octanol–water partition coefficient (Wildman–Crippen LogP) is 4.91. The molecule has 0 saturated heterocycles. The fourth-order valence-corrected chi connectivity index (χ4v) is 4.12. The van der Waals surface area contributed by atoms with E-state index in [-0.39, 0.29) is 22.5 Å². The van der Waals surface area contributed by atoms with Crippen molar-refractivity contribution in [2.45, 2.75) is 19.9 Å². The fourth-order valence-electron chi connectivity index (χ4n) is 4.12. The van der Waals surface area contributed by atoms with Crippen LogP contribution in [0.3, 0.4) is 0 Å². The first kappa shape index (κ1) is 24.3. The summed E-state index contributed by atoms with van der Waals surface area (Å²) in [6.45, 7) is 5.09. The number of carbonyl (C=O) groups excluding carboxylic acids is 1. The molecule has 3 aromatic carbocycles. The standard InChI is InChI=1S/C28H27F2N3O2/c1-2-32(18-20-9-4-3-5-10-20)16-8-15-31-27(34)24-19-33(26-14-13-21(29)17-25(26)30)28(35)23-12-7-6-11-22(23)24/h3-7,9-14,17,19H,2,8,15-16,18H2,1H3,(H,31,34). The van der Waals surface area contributed by atoms with Crippen molar-refractivity contribution >= 4 is 16.7 Å². The number of hydrogen-bond acceptors (Lipinski definition) is 3. The molecule has 0 unspecified atom stereocenters. The van der Waals surface area contributed by atoms with Crippen LogP contribution in [-0.2, 0) is 6.54 Å². The minimum absolute atomic E-state index is 0.115. The summed E-state index contributed by atoms with van der Waals surface area (Å²) in [6.07, 6.45) is 2.07. The van der Waals surface area contributed by atoms with E-state index in [4.69, 9.17) is 0 Å². The van der Waals surface area contributed by atoms with Gasteiger partial charge < -0.3 is 5.32 Å². The molecule has 0 radical (unpaired) electrons. The lowest BCUT2D eigenvalue weighted by Gasteiger charge is -2.20. The van der Waals surface area contributed by atoms with E-state index in [0.29, 0.717) is 18.0 Å². The minimum Gasteiger partial charge on any atom is -0.352 e. The van der Waals surface area contributed by atoms with Crippen LogP contribution in [0.15, 0.2) is 83.8 Å². The van der Waals surface area contributed by atoms with Gasteiger partial charge in [-0.25, -0.2) is 8.78 Å². The number of halogens is 2. The number of fused-ring (bicyclic) bond motifs is 1. The zero-order valence-electron chi connectivity index (χ0n) is 19.5. The molecular formula is C28H27F2N3O2. The van der Waals surface area contributed by atoms with Gasteiger partial charge in [-0.05, 0) is 36.7 Å². The van der Waals surface area contributed by atoms with Crippen LogP contribution in [0.1, 0.15) is 29.3 Å². The smallest absolute Gasteiger partial charge is 0.263 e.